The maximum Gasteiger partial charge on any atom is 0.410 e. The Balaban J connectivity index is 1.20. The van der Waals surface area contributed by atoms with Crippen LogP contribution in [0.3, 0.4) is 0 Å². The highest BCUT2D eigenvalue weighted by atomic mass is 16.6. The third kappa shape index (κ3) is 7.60. The Hall–Kier alpha value is -2.81. The summed E-state index contributed by atoms with van der Waals surface area (Å²) in [5.41, 5.74) is 2.06. The van der Waals surface area contributed by atoms with Crippen molar-refractivity contribution in [2.24, 2.45) is 23.7 Å². The Morgan fingerprint density at radius 3 is 2.22 bits per heavy atom. The number of amides is 1. The van der Waals surface area contributed by atoms with E-state index in [1.807, 2.05) is 32.9 Å². The molecule has 1 aliphatic heterocycles. The summed E-state index contributed by atoms with van der Waals surface area (Å²) in [6, 6.07) is 10.7. The van der Waals surface area contributed by atoms with Crippen LogP contribution in [0.5, 0.6) is 5.75 Å². The lowest BCUT2D eigenvalue weighted by atomic mass is 9.74. The summed E-state index contributed by atoms with van der Waals surface area (Å²) < 4.78 is 11.6. The van der Waals surface area contributed by atoms with Crippen LogP contribution >= 0.6 is 0 Å². The quantitative estimate of drug-likeness (QED) is 0.424. The summed E-state index contributed by atoms with van der Waals surface area (Å²) in [4.78, 5) is 27.0. The summed E-state index contributed by atoms with van der Waals surface area (Å²) in [5, 5.41) is 9.10. The number of hydrogen-bond acceptors (Lipinski definition) is 5. The van der Waals surface area contributed by atoms with Gasteiger partial charge in [0.1, 0.15) is 17.1 Å². The minimum absolute atomic E-state index is 0.136. The van der Waals surface area contributed by atoms with Crippen molar-refractivity contribution in [2.75, 3.05) is 19.7 Å². The smallest absolute Gasteiger partial charge is 0.410 e. The number of ether oxygens (including phenoxy) is 2. The summed E-state index contributed by atoms with van der Waals surface area (Å²) in [6.07, 6.45) is 10.1. The normalized spacial score (nSPS) is 25.1. The molecule has 1 aromatic carbocycles. The molecule has 0 N–H and O–H groups in total. The average Bonchev–Trinajstić information content (AvgIpc) is 2.91. The fourth-order valence-corrected chi connectivity index (χ4v) is 5.78. The first-order valence-corrected chi connectivity index (χ1v) is 14.1. The van der Waals surface area contributed by atoms with Crippen LogP contribution in [0.15, 0.2) is 30.3 Å². The van der Waals surface area contributed by atoms with Gasteiger partial charge in [0.25, 0.3) is 0 Å². The Bertz CT molecular complexity index is 1000. The summed E-state index contributed by atoms with van der Waals surface area (Å²) in [5.74, 6) is 2.17. The molecule has 2 fully saturated rings. The van der Waals surface area contributed by atoms with E-state index >= 15 is 0 Å². The molecule has 1 aromatic rings. The van der Waals surface area contributed by atoms with E-state index in [4.69, 9.17) is 14.7 Å². The van der Waals surface area contributed by atoms with Gasteiger partial charge in [-0.1, -0.05) is 18.2 Å². The number of rotatable bonds is 6. The zero-order valence-electron chi connectivity index (χ0n) is 22.7. The Kier molecular flexibility index (Phi) is 8.95. The van der Waals surface area contributed by atoms with Crippen LogP contribution in [0, 0.1) is 35.0 Å². The minimum atomic E-state index is -0.464. The topological polar surface area (TPSA) is 79.6 Å². The zero-order chi connectivity index (χ0) is 26.4. The van der Waals surface area contributed by atoms with Gasteiger partial charge in [-0.15, -0.1) is 0 Å². The van der Waals surface area contributed by atoms with Crippen LogP contribution in [0.2, 0.25) is 0 Å². The van der Waals surface area contributed by atoms with Gasteiger partial charge in [-0.25, -0.2) is 4.79 Å². The number of nitrogens with zero attached hydrogens (tertiary/aromatic N) is 2. The van der Waals surface area contributed by atoms with Crippen LogP contribution in [0.1, 0.15) is 84.1 Å². The molecule has 1 amide bonds. The van der Waals surface area contributed by atoms with Gasteiger partial charge in [-0.2, -0.15) is 5.26 Å². The molecule has 1 unspecified atom stereocenters. The van der Waals surface area contributed by atoms with Gasteiger partial charge in [0.05, 0.1) is 12.7 Å². The number of Topliss-reactive ketones (excluding diaryl/α,β-unsaturated/α-hetero) is 1. The highest BCUT2D eigenvalue weighted by Crippen LogP contribution is 2.36. The van der Waals surface area contributed by atoms with Gasteiger partial charge in [-0.05, 0) is 108 Å². The van der Waals surface area contributed by atoms with Gasteiger partial charge < -0.3 is 14.4 Å². The van der Waals surface area contributed by atoms with Crippen LogP contribution in [0.25, 0.3) is 5.57 Å². The fourth-order valence-electron chi connectivity index (χ4n) is 5.78. The van der Waals surface area contributed by atoms with Crippen molar-refractivity contribution >= 4 is 17.4 Å². The first kappa shape index (κ1) is 27.2. The van der Waals surface area contributed by atoms with E-state index in [9.17, 15) is 9.59 Å². The number of benzene rings is 1. The monoisotopic (exact) mass is 506 g/mol. The number of ketones is 1. The molecule has 1 atom stereocenters. The molecule has 3 aliphatic rings. The fraction of sp³-hybridized carbons (Fsp3) is 0.645. The molecule has 1 saturated carbocycles. The van der Waals surface area contributed by atoms with Crippen molar-refractivity contribution in [3.8, 4) is 11.8 Å². The molecule has 6 nitrogen and oxygen atoms in total. The molecular formula is C31H42N2O4. The van der Waals surface area contributed by atoms with E-state index in [0.717, 1.165) is 63.5 Å². The van der Waals surface area contributed by atoms with Gasteiger partial charge in [-0.3, -0.25) is 4.79 Å². The molecule has 37 heavy (non-hydrogen) atoms. The standard InChI is InChI=1S/C31H42N2O4/c1-31(2,3)37-30(35)33-18-16-23(17-19-33)21-36-28-14-12-25(13-15-28)24-8-10-27(11-9-24)29(34)26-6-4-22(20-32)5-7-26/h8,12-15,22-23,26-27H,4-7,9-11,16-19,21H2,1-3H3. The van der Waals surface area contributed by atoms with E-state index < -0.39 is 5.60 Å². The molecule has 1 saturated heterocycles. The minimum Gasteiger partial charge on any atom is -0.493 e. The SMILES string of the molecule is CC(C)(C)OC(=O)N1CCC(COc2ccc(C3=CCC(C(=O)C4CCC(C#N)CC4)CC3)cc2)CC1. The number of hydrogen-bond donors (Lipinski definition) is 0. The maximum absolute atomic E-state index is 13.0. The molecule has 6 heteroatoms. The number of piperidine rings is 1. The van der Waals surface area contributed by atoms with E-state index in [1.165, 1.54) is 11.1 Å². The predicted molar refractivity (Wildman–Crippen MR) is 144 cm³/mol. The number of carbonyl (C=O) groups is 2. The second-order valence-electron chi connectivity index (χ2n) is 12.0. The summed E-state index contributed by atoms with van der Waals surface area (Å²) in [6.45, 7) is 7.75. The molecule has 0 radical (unpaired) electrons. The molecule has 2 aliphatic carbocycles. The van der Waals surface area contributed by atoms with Crippen molar-refractivity contribution in [3.05, 3.63) is 35.9 Å². The molecular weight excluding hydrogens is 464 g/mol. The maximum atomic E-state index is 13.0. The molecule has 0 bridgehead atoms. The van der Waals surface area contributed by atoms with Crippen LogP contribution in [0.4, 0.5) is 4.79 Å². The number of nitriles is 1. The van der Waals surface area contributed by atoms with E-state index in [-0.39, 0.29) is 23.8 Å². The molecule has 0 spiro atoms. The first-order valence-electron chi connectivity index (χ1n) is 14.1. The lowest BCUT2D eigenvalue weighted by Crippen LogP contribution is -2.42. The number of allylic oxidation sites excluding steroid dienone is 2. The molecule has 0 aromatic heterocycles. The zero-order valence-corrected chi connectivity index (χ0v) is 22.7. The van der Waals surface area contributed by atoms with Crippen molar-refractivity contribution < 1.29 is 19.1 Å². The van der Waals surface area contributed by atoms with E-state index in [0.29, 0.717) is 31.4 Å². The van der Waals surface area contributed by atoms with Crippen LogP contribution < -0.4 is 4.74 Å². The first-order chi connectivity index (χ1) is 17.7. The Labute approximate surface area is 222 Å². The second-order valence-corrected chi connectivity index (χ2v) is 12.0. The lowest BCUT2D eigenvalue weighted by molar-refractivity contribution is -0.128. The highest BCUT2D eigenvalue weighted by Gasteiger charge is 2.32. The van der Waals surface area contributed by atoms with E-state index in [2.05, 4.69) is 24.3 Å². The summed E-state index contributed by atoms with van der Waals surface area (Å²) in [7, 11) is 0. The third-order valence-electron chi connectivity index (χ3n) is 8.10. The van der Waals surface area contributed by atoms with Gasteiger partial charge >= 0.3 is 6.09 Å². The average molecular weight is 507 g/mol. The van der Waals surface area contributed by atoms with Crippen LogP contribution in [-0.2, 0) is 9.53 Å². The number of likely N-dealkylation sites (tertiary alicyclic amines) is 1. The Morgan fingerprint density at radius 1 is 0.973 bits per heavy atom. The van der Waals surface area contributed by atoms with Gasteiger partial charge in [0, 0.05) is 30.8 Å². The van der Waals surface area contributed by atoms with Gasteiger partial charge in [0.2, 0.25) is 0 Å². The van der Waals surface area contributed by atoms with Gasteiger partial charge in [0.15, 0.2) is 0 Å². The van der Waals surface area contributed by atoms with Crippen molar-refractivity contribution in [1.29, 1.82) is 5.26 Å². The van der Waals surface area contributed by atoms with Crippen molar-refractivity contribution in [2.45, 2.75) is 84.2 Å². The predicted octanol–water partition coefficient (Wildman–Crippen LogP) is 6.80. The second kappa shape index (κ2) is 12.2. The van der Waals surface area contributed by atoms with Crippen molar-refractivity contribution in [3.63, 3.8) is 0 Å². The summed E-state index contributed by atoms with van der Waals surface area (Å²) >= 11 is 0. The lowest BCUT2D eigenvalue weighted by Gasteiger charge is -2.33. The van der Waals surface area contributed by atoms with Crippen molar-refractivity contribution in [1.82, 2.24) is 4.90 Å². The largest absolute Gasteiger partial charge is 0.493 e. The van der Waals surface area contributed by atoms with E-state index in [1.54, 1.807) is 4.90 Å². The molecule has 1 heterocycles. The Morgan fingerprint density at radius 2 is 1.65 bits per heavy atom. The molecule has 4 rings (SSSR count). The molecule has 200 valence electrons. The number of carbonyl (C=O) groups excluding carboxylic acids is 2. The third-order valence-corrected chi connectivity index (χ3v) is 8.10. The highest BCUT2D eigenvalue weighted by molar-refractivity contribution is 5.85. The van der Waals surface area contributed by atoms with Crippen LogP contribution in [-0.4, -0.2) is 42.1 Å².